The lowest BCUT2D eigenvalue weighted by Crippen LogP contribution is -2.41. The molecule has 0 aliphatic carbocycles. The van der Waals surface area contributed by atoms with E-state index in [1.54, 1.807) is 6.08 Å². The van der Waals surface area contributed by atoms with Crippen molar-refractivity contribution in [2.24, 2.45) is 5.92 Å². The zero-order valence-corrected chi connectivity index (χ0v) is 7.66. The number of ether oxygens (including phenoxy) is 2. The van der Waals surface area contributed by atoms with E-state index >= 15 is 0 Å². The summed E-state index contributed by atoms with van der Waals surface area (Å²) in [6.07, 6.45) is 1.70. The Hall–Kier alpha value is -0.830. The summed E-state index contributed by atoms with van der Waals surface area (Å²) < 4.78 is 9.87. The molecule has 0 spiro atoms. The van der Waals surface area contributed by atoms with E-state index in [1.807, 2.05) is 6.92 Å². The number of carbonyl (C=O) groups excluding carboxylic acids is 1. The van der Waals surface area contributed by atoms with Crippen molar-refractivity contribution in [1.29, 1.82) is 0 Å². The Morgan fingerprint density at radius 3 is 2.58 bits per heavy atom. The Kier molecular flexibility index (Phi) is 2.87. The second-order valence-corrected chi connectivity index (χ2v) is 2.97. The van der Waals surface area contributed by atoms with E-state index in [9.17, 15) is 4.79 Å². The zero-order valence-electron chi connectivity index (χ0n) is 7.66. The van der Waals surface area contributed by atoms with Crippen LogP contribution in [0.3, 0.4) is 0 Å². The minimum absolute atomic E-state index is 0.0533. The fourth-order valence-electron chi connectivity index (χ4n) is 1.30. The van der Waals surface area contributed by atoms with Crippen molar-refractivity contribution in [2.45, 2.75) is 20.0 Å². The Morgan fingerprint density at radius 1 is 1.67 bits per heavy atom. The first kappa shape index (κ1) is 9.26. The first-order valence-electron chi connectivity index (χ1n) is 4.06. The number of carbonyl (C=O) groups is 1. The normalized spacial score (nSPS) is 29.4. The first-order chi connectivity index (χ1) is 5.70. The molecule has 1 aliphatic rings. The van der Waals surface area contributed by atoms with E-state index in [4.69, 9.17) is 4.74 Å². The van der Waals surface area contributed by atoms with Gasteiger partial charge in [-0.05, 0) is 6.92 Å². The SMILES string of the molecule is CC=C(C(=O)OC)C1OCC1C. The molecule has 12 heavy (non-hydrogen) atoms. The summed E-state index contributed by atoms with van der Waals surface area (Å²) >= 11 is 0. The summed E-state index contributed by atoms with van der Waals surface area (Å²) in [6, 6.07) is 0. The monoisotopic (exact) mass is 170 g/mol. The third-order valence-corrected chi connectivity index (χ3v) is 2.09. The van der Waals surface area contributed by atoms with E-state index in [0.29, 0.717) is 11.5 Å². The van der Waals surface area contributed by atoms with E-state index in [1.165, 1.54) is 7.11 Å². The molecule has 1 rings (SSSR count). The van der Waals surface area contributed by atoms with Gasteiger partial charge in [-0.25, -0.2) is 4.79 Å². The van der Waals surface area contributed by atoms with Crippen molar-refractivity contribution >= 4 is 5.97 Å². The summed E-state index contributed by atoms with van der Waals surface area (Å²) in [7, 11) is 1.38. The highest BCUT2D eigenvalue weighted by molar-refractivity contribution is 5.89. The minimum atomic E-state index is -0.283. The van der Waals surface area contributed by atoms with Crippen molar-refractivity contribution in [3.05, 3.63) is 11.6 Å². The summed E-state index contributed by atoms with van der Waals surface area (Å²) in [5.41, 5.74) is 0.635. The standard InChI is InChI=1S/C9H14O3/c1-4-7(9(10)11-3)8-6(2)5-12-8/h4,6,8H,5H2,1-3H3. The Morgan fingerprint density at radius 2 is 2.33 bits per heavy atom. The molecule has 0 N–H and O–H groups in total. The van der Waals surface area contributed by atoms with Crippen molar-refractivity contribution in [3.8, 4) is 0 Å². The Balaban J connectivity index is 2.63. The Labute approximate surface area is 72.4 Å². The third kappa shape index (κ3) is 1.50. The quantitative estimate of drug-likeness (QED) is 0.460. The van der Waals surface area contributed by atoms with Crippen LogP contribution in [0.4, 0.5) is 0 Å². The summed E-state index contributed by atoms with van der Waals surface area (Å²) in [4.78, 5) is 11.2. The highest BCUT2D eigenvalue weighted by Crippen LogP contribution is 2.26. The predicted octanol–water partition coefficient (Wildman–Crippen LogP) is 1.14. The summed E-state index contributed by atoms with van der Waals surface area (Å²) in [5.74, 6) is 0.143. The number of rotatable bonds is 2. The molecule has 1 fully saturated rings. The molecule has 1 aliphatic heterocycles. The fraction of sp³-hybridized carbons (Fsp3) is 0.667. The molecule has 3 heteroatoms. The van der Waals surface area contributed by atoms with Gasteiger partial charge in [-0.15, -0.1) is 0 Å². The van der Waals surface area contributed by atoms with Crippen LogP contribution in [0.15, 0.2) is 11.6 Å². The third-order valence-electron chi connectivity index (χ3n) is 2.09. The molecule has 0 aromatic heterocycles. The van der Waals surface area contributed by atoms with Crippen molar-refractivity contribution < 1.29 is 14.3 Å². The largest absolute Gasteiger partial charge is 0.466 e. The van der Waals surface area contributed by atoms with Gasteiger partial charge < -0.3 is 9.47 Å². The van der Waals surface area contributed by atoms with Crippen molar-refractivity contribution in [3.63, 3.8) is 0 Å². The molecule has 0 bridgehead atoms. The van der Waals surface area contributed by atoms with Gasteiger partial charge in [0.2, 0.25) is 0 Å². The molecule has 2 unspecified atom stereocenters. The Bertz CT molecular complexity index is 208. The van der Waals surface area contributed by atoms with Crippen LogP contribution in [-0.4, -0.2) is 25.8 Å². The fourth-order valence-corrected chi connectivity index (χ4v) is 1.30. The van der Waals surface area contributed by atoms with Crippen LogP contribution in [0.1, 0.15) is 13.8 Å². The molecular weight excluding hydrogens is 156 g/mol. The number of hydrogen-bond acceptors (Lipinski definition) is 3. The molecule has 68 valence electrons. The number of hydrogen-bond donors (Lipinski definition) is 0. The average molecular weight is 170 g/mol. The van der Waals surface area contributed by atoms with Crippen LogP contribution in [0.2, 0.25) is 0 Å². The second kappa shape index (κ2) is 3.72. The van der Waals surface area contributed by atoms with E-state index < -0.39 is 0 Å². The van der Waals surface area contributed by atoms with Gasteiger partial charge in [0, 0.05) is 5.92 Å². The molecule has 0 radical (unpaired) electrons. The highest BCUT2D eigenvalue weighted by Gasteiger charge is 2.34. The van der Waals surface area contributed by atoms with E-state index in [2.05, 4.69) is 11.7 Å². The highest BCUT2D eigenvalue weighted by atomic mass is 16.5. The van der Waals surface area contributed by atoms with Gasteiger partial charge in [-0.3, -0.25) is 0 Å². The first-order valence-corrected chi connectivity index (χ1v) is 4.06. The molecule has 0 saturated carbocycles. The predicted molar refractivity (Wildman–Crippen MR) is 44.7 cm³/mol. The van der Waals surface area contributed by atoms with Gasteiger partial charge >= 0.3 is 5.97 Å². The molecule has 3 nitrogen and oxygen atoms in total. The smallest absolute Gasteiger partial charge is 0.336 e. The van der Waals surface area contributed by atoms with Crippen LogP contribution < -0.4 is 0 Å². The molecule has 0 amide bonds. The van der Waals surface area contributed by atoms with Gasteiger partial charge in [0.05, 0.1) is 25.4 Å². The van der Waals surface area contributed by atoms with Gasteiger partial charge in [-0.1, -0.05) is 13.0 Å². The van der Waals surface area contributed by atoms with Crippen LogP contribution in [0.25, 0.3) is 0 Å². The lowest BCUT2D eigenvalue weighted by atomic mass is 9.93. The van der Waals surface area contributed by atoms with Gasteiger partial charge in [-0.2, -0.15) is 0 Å². The van der Waals surface area contributed by atoms with Gasteiger partial charge in [0.25, 0.3) is 0 Å². The van der Waals surface area contributed by atoms with Crippen LogP contribution >= 0.6 is 0 Å². The summed E-state index contributed by atoms with van der Waals surface area (Å²) in [6.45, 7) is 4.61. The zero-order chi connectivity index (χ0) is 9.14. The van der Waals surface area contributed by atoms with E-state index in [-0.39, 0.29) is 12.1 Å². The molecule has 1 saturated heterocycles. The van der Waals surface area contributed by atoms with Crippen LogP contribution in [0.5, 0.6) is 0 Å². The lowest BCUT2D eigenvalue weighted by Gasteiger charge is -2.34. The summed E-state index contributed by atoms with van der Waals surface area (Å²) in [5, 5.41) is 0. The molecule has 0 aromatic rings. The molecule has 0 aromatic carbocycles. The minimum Gasteiger partial charge on any atom is -0.466 e. The molecule has 1 heterocycles. The van der Waals surface area contributed by atoms with Crippen LogP contribution in [0, 0.1) is 5.92 Å². The van der Waals surface area contributed by atoms with Gasteiger partial charge in [0.1, 0.15) is 0 Å². The maximum Gasteiger partial charge on any atom is 0.336 e. The molecular formula is C9H14O3. The number of methoxy groups -OCH3 is 1. The van der Waals surface area contributed by atoms with Crippen molar-refractivity contribution in [2.75, 3.05) is 13.7 Å². The number of allylic oxidation sites excluding steroid dienone is 1. The van der Waals surface area contributed by atoms with Crippen molar-refractivity contribution in [1.82, 2.24) is 0 Å². The average Bonchev–Trinajstić information content (AvgIpc) is 2.09. The van der Waals surface area contributed by atoms with Gasteiger partial charge in [0.15, 0.2) is 0 Å². The maximum atomic E-state index is 11.2. The van der Waals surface area contributed by atoms with E-state index in [0.717, 1.165) is 6.61 Å². The lowest BCUT2D eigenvalue weighted by molar-refractivity contribution is -0.143. The maximum absolute atomic E-state index is 11.2. The number of esters is 1. The molecule has 2 atom stereocenters. The second-order valence-electron chi connectivity index (χ2n) is 2.97. The topological polar surface area (TPSA) is 35.5 Å². The van der Waals surface area contributed by atoms with Crippen LogP contribution in [-0.2, 0) is 14.3 Å².